The second-order valence-electron chi connectivity index (χ2n) is 4.97. The molecule has 126 valence electrons. The van der Waals surface area contributed by atoms with Gasteiger partial charge in [-0.2, -0.15) is 11.8 Å². The summed E-state index contributed by atoms with van der Waals surface area (Å²) in [7, 11) is 0. The Hall–Kier alpha value is -1.79. The fraction of sp³-hybridized carbons (Fsp3) is 0.222. The number of ether oxygens (including phenoxy) is 1. The number of esters is 1. The van der Waals surface area contributed by atoms with Crippen LogP contribution in [0.5, 0.6) is 0 Å². The molecular formula is C18H18BrNO3S. The van der Waals surface area contributed by atoms with Crippen LogP contribution in [0, 0.1) is 0 Å². The Labute approximate surface area is 154 Å². The van der Waals surface area contributed by atoms with E-state index in [0.717, 1.165) is 16.0 Å². The summed E-state index contributed by atoms with van der Waals surface area (Å²) in [5.41, 5.74) is 1.68. The van der Waals surface area contributed by atoms with Crippen molar-refractivity contribution in [1.29, 1.82) is 0 Å². The van der Waals surface area contributed by atoms with E-state index in [1.54, 1.807) is 36.0 Å². The number of thioether (sulfide) groups is 1. The van der Waals surface area contributed by atoms with E-state index in [9.17, 15) is 9.59 Å². The Morgan fingerprint density at radius 1 is 1.04 bits per heavy atom. The predicted molar refractivity (Wildman–Crippen MR) is 100 cm³/mol. The molecule has 2 aromatic carbocycles. The summed E-state index contributed by atoms with van der Waals surface area (Å²) in [4.78, 5) is 23.4. The lowest BCUT2D eigenvalue weighted by atomic mass is 10.2. The summed E-state index contributed by atoms with van der Waals surface area (Å²) in [6.45, 7) is 0.282. The minimum Gasteiger partial charge on any atom is -0.452 e. The van der Waals surface area contributed by atoms with Crippen LogP contribution in [0.3, 0.4) is 0 Å². The molecule has 2 aromatic rings. The predicted octanol–water partition coefficient (Wildman–Crippen LogP) is 3.66. The van der Waals surface area contributed by atoms with E-state index in [2.05, 4.69) is 33.4 Å². The maximum atomic E-state index is 11.8. The van der Waals surface area contributed by atoms with Crippen molar-refractivity contribution >= 4 is 39.6 Å². The maximum absolute atomic E-state index is 11.8. The molecule has 0 unspecified atom stereocenters. The van der Waals surface area contributed by atoms with Crippen LogP contribution in [-0.4, -0.2) is 30.8 Å². The van der Waals surface area contributed by atoms with Crippen molar-refractivity contribution in [2.75, 3.05) is 18.9 Å². The molecule has 0 bridgehead atoms. The number of benzene rings is 2. The topological polar surface area (TPSA) is 55.4 Å². The van der Waals surface area contributed by atoms with Gasteiger partial charge in [-0.15, -0.1) is 0 Å². The average Bonchev–Trinajstić information content (AvgIpc) is 2.61. The lowest BCUT2D eigenvalue weighted by Gasteiger charge is -2.07. The van der Waals surface area contributed by atoms with Crippen LogP contribution in [0.15, 0.2) is 59.1 Å². The molecule has 0 heterocycles. The third-order valence-electron chi connectivity index (χ3n) is 3.09. The third-order valence-corrected chi connectivity index (χ3v) is 4.65. The average molecular weight is 408 g/mol. The molecule has 6 heteroatoms. The maximum Gasteiger partial charge on any atom is 0.338 e. The van der Waals surface area contributed by atoms with E-state index in [-0.39, 0.29) is 12.5 Å². The first kappa shape index (κ1) is 18.5. The number of hydrogen-bond acceptors (Lipinski definition) is 4. The summed E-state index contributed by atoms with van der Waals surface area (Å²) in [5, 5.41) is 2.74. The third kappa shape index (κ3) is 6.76. The largest absolute Gasteiger partial charge is 0.452 e. The van der Waals surface area contributed by atoms with E-state index in [4.69, 9.17) is 4.74 Å². The first-order valence-electron chi connectivity index (χ1n) is 7.46. The standard InChI is InChI=1S/C18H18BrNO3S/c19-16-8-6-15(7-9-16)18(22)23-12-17(21)20-10-11-24-13-14-4-2-1-3-5-14/h1-9H,10-13H2,(H,20,21). The van der Waals surface area contributed by atoms with Gasteiger partial charge in [-0.1, -0.05) is 46.3 Å². The number of nitrogens with one attached hydrogen (secondary N) is 1. The van der Waals surface area contributed by atoms with Crippen LogP contribution >= 0.6 is 27.7 Å². The molecule has 0 spiro atoms. The first-order valence-corrected chi connectivity index (χ1v) is 9.41. The highest BCUT2D eigenvalue weighted by atomic mass is 79.9. The van der Waals surface area contributed by atoms with E-state index in [0.29, 0.717) is 12.1 Å². The van der Waals surface area contributed by atoms with Crippen molar-refractivity contribution in [3.8, 4) is 0 Å². The smallest absolute Gasteiger partial charge is 0.338 e. The Kier molecular flexibility index (Phi) is 7.85. The van der Waals surface area contributed by atoms with Gasteiger partial charge in [0.1, 0.15) is 0 Å². The second-order valence-corrected chi connectivity index (χ2v) is 6.99. The van der Waals surface area contributed by atoms with Crippen LogP contribution in [0.2, 0.25) is 0 Å². The van der Waals surface area contributed by atoms with Gasteiger partial charge in [-0.25, -0.2) is 4.79 Å². The second kappa shape index (κ2) is 10.2. The van der Waals surface area contributed by atoms with Crippen molar-refractivity contribution in [3.05, 3.63) is 70.2 Å². The van der Waals surface area contributed by atoms with Gasteiger partial charge >= 0.3 is 5.97 Å². The van der Waals surface area contributed by atoms with E-state index >= 15 is 0 Å². The molecule has 0 saturated carbocycles. The number of halogens is 1. The van der Waals surface area contributed by atoms with Crippen LogP contribution in [0.4, 0.5) is 0 Å². The SMILES string of the molecule is O=C(COC(=O)c1ccc(Br)cc1)NCCSCc1ccccc1. The summed E-state index contributed by atoms with van der Waals surface area (Å²) in [5.74, 6) is 0.924. The minimum atomic E-state index is -0.504. The summed E-state index contributed by atoms with van der Waals surface area (Å²) >= 11 is 5.04. The number of rotatable bonds is 8. The van der Waals surface area contributed by atoms with E-state index in [1.165, 1.54) is 5.56 Å². The van der Waals surface area contributed by atoms with Gasteiger partial charge in [-0.05, 0) is 29.8 Å². The van der Waals surface area contributed by atoms with Gasteiger partial charge in [0.05, 0.1) is 5.56 Å². The zero-order valence-corrected chi connectivity index (χ0v) is 15.4. The molecule has 24 heavy (non-hydrogen) atoms. The Bertz CT molecular complexity index is 662. The molecule has 4 nitrogen and oxygen atoms in total. The van der Waals surface area contributed by atoms with Gasteiger partial charge in [0.15, 0.2) is 6.61 Å². The highest BCUT2D eigenvalue weighted by Crippen LogP contribution is 2.11. The van der Waals surface area contributed by atoms with Crippen molar-refractivity contribution in [2.24, 2.45) is 0 Å². The normalized spacial score (nSPS) is 10.2. The summed E-state index contributed by atoms with van der Waals surface area (Å²) < 4.78 is 5.86. The molecule has 0 saturated heterocycles. The molecule has 0 fully saturated rings. The highest BCUT2D eigenvalue weighted by molar-refractivity contribution is 9.10. The van der Waals surface area contributed by atoms with E-state index < -0.39 is 5.97 Å². The molecule has 0 radical (unpaired) electrons. The Morgan fingerprint density at radius 2 is 1.75 bits per heavy atom. The summed E-state index contributed by atoms with van der Waals surface area (Å²) in [6.07, 6.45) is 0. The van der Waals surface area contributed by atoms with Crippen LogP contribution < -0.4 is 5.32 Å². The van der Waals surface area contributed by atoms with Crippen LogP contribution in [-0.2, 0) is 15.3 Å². The fourth-order valence-electron chi connectivity index (χ4n) is 1.88. The quantitative estimate of drug-likeness (QED) is 0.535. The molecule has 1 amide bonds. The summed E-state index contributed by atoms with van der Waals surface area (Å²) in [6, 6.07) is 17.0. The van der Waals surface area contributed by atoms with Crippen LogP contribution in [0.1, 0.15) is 15.9 Å². The highest BCUT2D eigenvalue weighted by Gasteiger charge is 2.09. The van der Waals surface area contributed by atoms with Gasteiger partial charge in [0.2, 0.25) is 0 Å². The molecule has 0 aliphatic carbocycles. The van der Waals surface area contributed by atoms with Crippen LogP contribution in [0.25, 0.3) is 0 Å². The lowest BCUT2D eigenvalue weighted by molar-refractivity contribution is -0.124. The Balaban J connectivity index is 1.58. The molecule has 0 atom stereocenters. The fourth-order valence-corrected chi connectivity index (χ4v) is 2.96. The monoisotopic (exact) mass is 407 g/mol. The first-order chi connectivity index (χ1) is 11.6. The van der Waals surface area contributed by atoms with Crippen molar-refractivity contribution in [2.45, 2.75) is 5.75 Å². The number of carbonyl (C=O) groups excluding carboxylic acids is 2. The van der Waals surface area contributed by atoms with Crippen molar-refractivity contribution in [1.82, 2.24) is 5.32 Å². The van der Waals surface area contributed by atoms with Gasteiger partial charge in [0.25, 0.3) is 5.91 Å². The molecule has 0 aliphatic rings. The zero-order valence-electron chi connectivity index (χ0n) is 13.0. The molecule has 1 N–H and O–H groups in total. The molecular weight excluding hydrogens is 390 g/mol. The minimum absolute atomic E-state index is 0.266. The Morgan fingerprint density at radius 3 is 2.46 bits per heavy atom. The van der Waals surface area contributed by atoms with Crippen molar-refractivity contribution in [3.63, 3.8) is 0 Å². The molecule has 0 aromatic heterocycles. The molecule has 2 rings (SSSR count). The number of carbonyl (C=O) groups is 2. The van der Waals surface area contributed by atoms with Crippen molar-refractivity contribution < 1.29 is 14.3 Å². The van der Waals surface area contributed by atoms with Gasteiger partial charge < -0.3 is 10.1 Å². The van der Waals surface area contributed by atoms with Gasteiger partial charge in [-0.3, -0.25) is 4.79 Å². The number of amides is 1. The number of hydrogen-bond donors (Lipinski definition) is 1. The van der Waals surface area contributed by atoms with Gasteiger partial charge in [0, 0.05) is 22.5 Å². The zero-order chi connectivity index (χ0) is 17.2. The van der Waals surface area contributed by atoms with E-state index in [1.807, 2.05) is 18.2 Å². The lowest BCUT2D eigenvalue weighted by Crippen LogP contribution is -2.30. The molecule has 0 aliphatic heterocycles.